The lowest BCUT2D eigenvalue weighted by Gasteiger charge is -2.31. The molecule has 1 heterocycles. The summed E-state index contributed by atoms with van der Waals surface area (Å²) < 4.78 is 24.1. The van der Waals surface area contributed by atoms with E-state index in [2.05, 4.69) is 16.0 Å². The van der Waals surface area contributed by atoms with E-state index in [9.17, 15) is 23.1 Å². The van der Waals surface area contributed by atoms with Crippen LogP contribution in [0.1, 0.15) is 59.1 Å². The Morgan fingerprint density at radius 3 is 2.42 bits per heavy atom. The first-order valence-corrected chi connectivity index (χ1v) is 17.2. The molecule has 1 unspecified atom stereocenters. The smallest absolute Gasteiger partial charge is 0.250 e. The Kier molecular flexibility index (Phi) is 11.1. The van der Waals surface area contributed by atoms with Crippen LogP contribution in [0.15, 0.2) is 71.7 Å². The molecule has 2 amide bonds. The normalized spacial score (nSPS) is 19.4. The van der Waals surface area contributed by atoms with Crippen LogP contribution < -0.4 is 20.9 Å². The number of para-hydroxylation sites is 1. The van der Waals surface area contributed by atoms with Crippen LogP contribution in [0.2, 0.25) is 0 Å². The molecule has 4 rings (SSSR count). The number of hydrogen-bond acceptors (Lipinski definition) is 8. The highest BCUT2D eigenvalue weighted by Gasteiger charge is 2.33. The van der Waals surface area contributed by atoms with Gasteiger partial charge in [0.05, 0.1) is 29.2 Å². The van der Waals surface area contributed by atoms with Crippen molar-refractivity contribution in [1.82, 2.24) is 16.0 Å². The third-order valence-electron chi connectivity index (χ3n) is 7.47. The summed E-state index contributed by atoms with van der Waals surface area (Å²) in [6.07, 6.45) is 4.91. The van der Waals surface area contributed by atoms with Crippen LogP contribution >= 0.6 is 11.8 Å². The molecular formula is C34H44N4O5S2. The van der Waals surface area contributed by atoms with Crippen molar-refractivity contribution in [3.8, 4) is 0 Å². The Hall–Kier alpha value is -3.22. The van der Waals surface area contributed by atoms with E-state index in [1.54, 1.807) is 24.0 Å². The number of β-amino-alcohol motifs (C(OH)–C–C–N with tert-alkyl or cyclic N) is 1. The fraction of sp³-hybridized carbons (Fsp3) is 0.441. The first-order valence-electron chi connectivity index (χ1n) is 15.1. The van der Waals surface area contributed by atoms with Crippen molar-refractivity contribution in [1.29, 1.82) is 0 Å². The molecule has 0 saturated heterocycles. The van der Waals surface area contributed by atoms with Gasteiger partial charge in [-0.15, -0.1) is 11.8 Å². The van der Waals surface area contributed by atoms with E-state index in [0.29, 0.717) is 18.8 Å². The van der Waals surface area contributed by atoms with Gasteiger partial charge < -0.3 is 26.0 Å². The fourth-order valence-electron chi connectivity index (χ4n) is 5.33. The molecule has 0 radical (unpaired) electrons. The first-order chi connectivity index (χ1) is 21.1. The third-order valence-corrected chi connectivity index (χ3v) is 9.38. The molecule has 1 aliphatic carbocycles. The Bertz CT molecular complexity index is 1600. The van der Waals surface area contributed by atoms with Gasteiger partial charge in [0.2, 0.25) is 16.2 Å². The van der Waals surface area contributed by atoms with Gasteiger partial charge in [-0.2, -0.15) is 8.42 Å². The monoisotopic (exact) mass is 652 g/mol. The van der Waals surface area contributed by atoms with Crippen molar-refractivity contribution >= 4 is 50.0 Å². The molecule has 0 fully saturated rings. The van der Waals surface area contributed by atoms with E-state index in [-0.39, 0.29) is 28.6 Å². The number of benzene rings is 2. The summed E-state index contributed by atoms with van der Waals surface area (Å²) in [4.78, 5) is 30.0. The number of nitrogens with one attached hydrogen (secondary N) is 3. The zero-order chi connectivity index (χ0) is 32.9. The quantitative estimate of drug-likeness (QED) is 0.286. The number of fused-ring (bicyclic) bond motifs is 1. The van der Waals surface area contributed by atoms with Gasteiger partial charge in [0.1, 0.15) is 6.04 Å². The van der Waals surface area contributed by atoms with E-state index in [1.807, 2.05) is 89.2 Å². The van der Waals surface area contributed by atoms with Gasteiger partial charge in [0.15, 0.2) is 0 Å². The Morgan fingerprint density at radius 1 is 1.09 bits per heavy atom. The van der Waals surface area contributed by atoms with Gasteiger partial charge >= 0.3 is 0 Å². The van der Waals surface area contributed by atoms with Crippen molar-refractivity contribution < 1.29 is 23.1 Å². The predicted molar refractivity (Wildman–Crippen MR) is 183 cm³/mol. The molecule has 2 aromatic carbocycles. The number of amides is 2. The van der Waals surface area contributed by atoms with Crippen LogP contribution in [0.25, 0.3) is 5.57 Å². The van der Waals surface area contributed by atoms with Gasteiger partial charge in [-0.1, -0.05) is 48.6 Å². The van der Waals surface area contributed by atoms with Crippen molar-refractivity contribution in [2.45, 2.75) is 88.7 Å². The number of anilines is 1. The number of thioether (sulfide) groups is 1. The number of aliphatic hydroxyl groups is 1. The second-order valence-electron chi connectivity index (χ2n) is 13.3. The number of allylic oxidation sites excluding steroid dienone is 2. The molecule has 0 spiro atoms. The molecular weight excluding hydrogens is 609 g/mol. The summed E-state index contributed by atoms with van der Waals surface area (Å²) in [6, 6.07) is 14.3. The number of carbonyl (C=O) groups is 2. The van der Waals surface area contributed by atoms with Crippen molar-refractivity contribution in [3.63, 3.8) is 0 Å². The van der Waals surface area contributed by atoms with Crippen LogP contribution in [0.4, 0.5) is 5.69 Å². The molecule has 3 atom stereocenters. The highest BCUT2D eigenvalue weighted by atomic mass is 32.2. The van der Waals surface area contributed by atoms with E-state index in [1.165, 1.54) is 11.8 Å². The van der Waals surface area contributed by atoms with Gasteiger partial charge in [0, 0.05) is 34.7 Å². The largest absolute Gasteiger partial charge is 0.392 e. The van der Waals surface area contributed by atoms with Gasteiger partial charge in [-0.25, -0.2) is 0 Å². The summed E-state index contributed by atoms with van der Waals surface area (Å²) in [5, 5.41) is 19.2. The van der Waals surface area contributed by atoms with Crippen molar-refractivity contribution in [3.05, 3.63) is 77.9 Å². The van der Waals surface area contributed by atoms with Crippen molar-refractivity contribution in [2.24, 2.45) is 0 Å². The highest BCUT2D eigenvalue weighted by molar-refractivity contribution is 7.99. The number of aliphatic hydroxyl groups excluding tert-OH is 1. The maximum absolute atomic E-state index is 14.0. The minimum Gasteiger partial charge on any atom is -0.392 e. The lowest BCUT2D eigenvalue weighted by molar-refractivity contribution is -0.127. The second-order valence-corrected chi connectivity index (χ2v) is 15.3. The van der Waals surface area contributed by atoms with Gasteiger partial charge in [0.25, 0.3) is 5.91 Å². The molecule has 2 aromatic rings. The van der Waals surface area contributed by atoms with Crippen LogP contribution in [0.3, 0.4) is 0 Å². The lowest BCUT2D eigenvalue weighted by Crippen LogP contribution is -2.52. The van der Waals surface area contributed by atoms with Crippen LogP contribution in [-0.2, 0) is 26.4 Å². The van der Waals surface area contributed by atoms with E-state index >= 15 is 0 Å². The molecule has 45 heavy (non-hydrogen) atoms. The number of rotatable bonds is 10. The van der Waals surface area contributed by atoms with E-state index in [0.717, 1.165) is 27.3 Å². The summed E-state index contributed by atoms with van der Waals surface area (Å²) in [5.41, 5.74) is 2.53. The third kappa shape index (κ3) is 9.40. The molecule has 242 valence electrons. The number of carbonyl (C=O) groups excluding carboxylic acids is 2. The highest BCUT2D eigenvalue weighted by Crippen LogP contribution is 2.35. The molecule has 0 bridgehead atoms. The maximum atomic E-state index is 14.0. The Labute approximate surface area is 272 Å². The molecule has 1 aliphatic heterocycles. The topological polar surface area (TPSA) is 128 Å². The average Bonchev–Trinajstić information content (AvgIpc) is 3.08. The van der Waals surface area contributed by atoms with E-state index < -0.39 is 34.0 Å². The van der Waals surface area contributed by atoms with Crippen LogP contribution in [0, 0.1) is 0 Å². The van der Waals surface area contributed by atoms with Gasteiger partial charge in [-0.05, 0) is 76.5 Å². The second kappa shape index (κ2) is 14.5. The SMILES string of the molecule is C[C@@H](O)CNC(C)(C)CC(=O)N[C@@H]1CSc2ccccc2N(Cc2ccc(C3=CC=CC(=S(=O)=O)C3NC(C)(C)C)cc2)C1=O. The summed E-state index contributed by atoms with van der Waals surface area (Å²) in [5.74, 6) is -0.0236. The van der Waals surface area contributed by atoms with Crippen LogP contribution in [0.5, 0.6) is 0 Å². The standard InChI is InChI=1S/C34H44N4O5S2/c1-22(39)19-35-34(5,6)18-30(40)36-26-21-44-28-12-8-7-11-27(28)38(32(26)41)20-23-14-16-24(17-15-23)25-10-9-13-29(45(42)43)31(25)37-33(2,3)4/h7-17,22,26,31,35,37,39H,18-21H2,1-6H3,(H,36,40)/t22-,26-,31?/m1/s1. The fourth-order valence-corrected chi connectivity index (χ4v) is 6.97. The zero-order valence-electron chi connectivity index (χ0n) is 26.8. The Balaban J connectivity index is 1.55. The number of nitrogens with zero attached hydrogens (tertiary/aromatic N) is 1. The average molecular weight is 653 g/mol. The number of hydrogen-bond donors (Lipinski definition) is 4. The predicted octanol–water partition coefficient (Wildman–Crippen LogP) is 3.71. The summed E-state index contributed by atoms with van der Waals surface area (Å²) in [6.45, 7) is 12.1. The molecule has 0 aromatic heterocycles. The minimum absolute atomic E-state index is 0.151. The zero-order valence-corrected chi connectivity index (χ0v) is 28.4. The molecule has 0 saturated carbocycles. The maximum Gasteiger partial charge on any atom is 0.250 e. The van der Waals surface area contributed by atoms with E-state index in [4.69, 9.17) is 0 Å². The Morgan fingerprint density at radius 2 is 1.78 bits per heavy atom. The summed E-state index contributed by atoms with van der Waals surface area (Å²) in [7, 11) is -2.38. The minimum atomic E-state index is -2.38. The molecule has 9 nitrogen and oxygen atoms in total. The summed E-state index contributed by atoms with van der Waals surface area (Å²) >= 11 is 1.54. The molecule has 4 N–H and O–H groups in total. The van der Waals surface area contributed by atoms with Gasteiger partial charge in [-0.3, -0.25) is 9.59 Å². The van der Waals surface area contributed by atoms with Crippen molar-refractivity contribution in [2.75, 3.05) is 17.2 Å². The van der Waals surface area contributed by atoms with Crippen LogP contribution in [-0.4, -0.2) is 71.8 Å². The molecule has 2 aliphatic rings. The molecule has 11 heteroatoms. The lowest BCUT2D eigenvalue weighted by atomic mass is 9.90. The first kappa shape index (κ1) is 34.6.